The van der Waals surface area contributed by atoms with Crippen LogP contribution in [-0.2, 0) is 14.8 Å². The molecule has 0 radical (unpaired) electrons. The maximum absolute atomic E-state index is 12.9. The van der Waals surface area contributed by atoms with Crippen LogP contribution in [0.2, 0.25) is 0 Å². The van der Waals surface area contributed by atoms with E-state index in [9.17, 15) is 13.2 Å². The number of nitrogens with zero attached hydrogens (tertiary/aromatic N) is 4. The maximum Gasteiger partial charge on any atom is 0.409 e. The Labute approximate surface area is 179 Å². The lowest BCUT2D eigenvalue weighted by Gasteiger charge is -2.25. The molecular formula is C19H24N4O5S2. The Hall–Kier alpha value is -2.11. The molecule has 2 aromatic rings. The third-order valence-electron chi connectivity index (χ3n) is 5.08. The molecule has 0 bridgehead atoms. The molecule has 9 nitrogen and oxygen atoms in total. The van der Waals surface area contributed by atoms with Crippen molar-refractivity contribution in [1.29, 1.82) is 0 Å². The van der Waals surface area contributed by atoms with Crippen molar-refractivity contribution in [2.45, 2.75) is 35.8 Å². The minimum Gasteiger partial charge on any atom is -0.448 e. The topological polar surface area (TPSA) is 106 Å². The zero-order valence-electron chi connectivity index (χ0n) is 16.5. The first-order valence-corrected chi connectivity index (χ1v) is 12.5. The Morgan fingerprint density at radius 3 is 2.70 bits per heavy atom. The number of piperidine rings is 1. The van der Waals surface area contributed by atoms with Crippen LogP contribution in [0.25, 0.3) is 11.5 Å². The van der Waals surface area contributed by atoms with E-state index in [1.165, 1.54) is 11.8 Å². The highest BCUT2D eigenvalue weighted by Crippen LogP contribution is 2.27. The highest BCUT2D eigenvalue weighted by molar-refractivity contribution is 7.99. The molecule has 1 amide bonds. The van der Waals surface area contributed by atoms with Crippen molar-refractivity contribution < 1.29 is 22.4 Å². The van der Waals surface area contributed by atoms with Crippen LogP contribution < -0.4 is 0 Å². The number of hydrogen-bond donors (Lipinski definition) is 0. The third-order valence-corrected chi connectivity index (χ3v) is 7.88. The molecule has 2 aliphatic heterocycles. The second kappa shape index (κ2) is 9.36. The average molecular weight is 453 g/mol. The minimum absolute atomic E-state index is 0.242. The fourth-order valence-electron chi connectivity index (χ4n) is 3.47. The quantitative estimate of drug-likeness (QED) is 0.445. The van der Waals surface area contributed by atoms with E-state index in [2.05, 4.69) is 10.2 Å². The molecule has 0 saturated carbocycles. The first kappa shape index (κ1) is 21.1. The summed E-state index contributed by atoms with van der Waals surface area (Å²) in [4.78, 5) is 13.3. The lowest BCUT2D eigenvalue weighted by Crippen LogP contribution is -2.35. The van der Waals surface area contributed by atoms with Crippen LogP contribution in [0.5, 0.6) is 0 Å². The van der Waals surface area contributed by atoms with Gasteiger partial charge in [0.15, 0.2) is 0 Å². The number of amides is 1. The number of aromatic nitrogens is 2. The Balaban J connectivity index is 1.37. The van der Waals surface area contributed by atoms with Gasteiger partial charge in [0.25, 0.3) is 5.22 Å². The van der Waals surface area contributed by atoms with Gasteiger partial charge >= 0.3 is 6.09 Å². The number of ether oxygens (including phenoxy) is 1. The third kappa shape index (κ3) is 4.79. The smallest absolute Gasteiger partial charge is 0.409 e. The van der Waals surface area contributed by atoms with E-state index in [1.54, 1.807) is 33.5 Å². The number of carbonyl (C=O) groups excluding carboxylic acids is 1. The Kier molecular flexibility index (Phi) is 6.59. The monoisotopic (exact) mass is 452 g/mol. The molecule has 3 heterocycles. The van der Waals surface area contributed by atoms with Crippen molar-refractivity contribution in [2.24, 2.45) is 0 Å². The summed E-state index contributed by atoms with van der Waals surface area (Å²) in [7, 11) is -3.52. The minimum atomic E-state index is -3.52. The zero-order chi connectivity index (χ0) is 21.0. The molecule has 2 aliphatic rings. The number of sulfonamides is 1. The van der Waals surface area contributed by atoms with Crippen LogP contribution in [0, 0.1) is 0 Å². The van der Waals surface area contributed by atoms with E-state index in [-0.39, 0.29) is 16.9 Å². The van der Waals surface area contributed by atoms with E-state index in [1.807, 2.05) is 0 Å². The Bertz CT molecular complexity index is 988. The van der Waals surface area contributed by atoms with Gasteiger partial charge in [-0.25, -0.2) is 13.2 Å². The number of carbonyl (C=O) groups is 1. The van der Waals surface area contributed by atoms with Crippen molar-refractivity contribution in [3.8, 4) is 11.5 Å². The highest BCUT2D eigenvalue weighted by atomic mass is 32.2. The molecule has 4 rings (SSSR count). The molecule has 1 aromatic carbocycles. The van der Waals surface area contributed by atoms with E-state index in [4.69, 9.17) is 9.15 Å². The van der Waals surface area contributed by atoms with Crippen LogP contribution in [0.1, 0.15) is 25.7 Å². The van der Waals surface area contributed by atoms with Crippen molar-refractivity contribution in [3.05, 3.63) is 24.3 Å². The first-order chi connectivity index (χ1) is 14.5. The molecule has 0 unspecified atom stereocenters. The zero-order valence-corrected chi connectivity index (χ0v) is 18.2. The summed E-state index contributed by atoms with van der Waals surface area (Å²) in [6.45, 7) is 2.83. The van der Waals surface area contributed by atoms with Crippen molar-refractivity contribution >= 4 is 27.9 Å². The van der Waals surface area contributed by atoms with Gasteiger partial charge in [-0.3, -0.25) is 0 Å². The molecule has 0 spiro atoms. The van der Waals surface area contributed by atoms with Gasteiger partial charge in [0.2, 0.25) is 15.9 Å². The highest BCUT2D eigenvalue weighted by Gasteiger charge is 2.26. The molecule has 2 saturated heterocycles. The lowest BCUT2D eigenvalue weighted by molar-refractivity contribution is 0.158. The number of thioether (sulfide) groups is 1. The molecule has 11 heteroatoms. The van der Waals surface area contributed by atoms with Crippen molar-refractivity contribution in [2.75, 3.05) is 38.5 Å². The van der Waals surface area contributed by atoms with Crippen LogP contribution in [-0.4, -0.2) is 72.5 Å². The predicted octanol–water partition coefficient (Wildman–Crippen LogP) is 2.85. The fraction of sp³-hybridized carbons (Fsp3) is 0.526. The van der Waals surface area contributed by atoms with Crippen LogP contribution in [0.4, 0.5) is 4.79 Å². The molecule has 0 aliphatic carbocycles. The van der Waals surface area contributed by atoms with Crippen LogP contribution in [0.15, 0.2) is 38.8 Å². The maximum atomic E-state index is 12.9. The number of hydrogen-bond acceptors (Lipinski definition) is 8. The van der Waals surface area contributed by atoms with Gasteiger partial charge in [-0.1, -0.05) is 24.2 Å². The largest absolute Gasteiger partial charge is 0.448 e. The fourth-order valence-corrected chi connectivity index (χ4v) is 5.72. The van der Waals surface area contributed by atoms with Gasteiger partial charge in [0, 0.05) is 31.0 Å². The first-order valence-electron chi connectivity index (χ1n) is 10.0. The van der Waals surface area contributed by atoms with Gasteiger partial charge in [-0.15, -0.1) is 10.2 Å². The predicted molar refractivity (Wildman–Crippen MR) is 111 cm³/mol. The van der Waals surface area contributed by atoms with Crippen molar-refractivity contribution in [1.82, 2.24) is 19.4 Å². The summed E-state index contributed by atoms with van der Waals surface area (Å²) >= 11 is 1.41. The van der Waals surface area contributed by atoms with Gasteiger partial charge < -0.3 is 14.1 Å². The van der Waals surface area contributed by atoms with Crippen LogP contribution >= 0.6 is 11.8 Å². The van der Waals surface area contributed by atoms with E-state index >= 15 is 0 Å². The SMILES string of the molecule is O=C1OCCN1CCCSc1nnc(-c2cccc(S(=O)(=O)N3CCCCC3)c2)o1. The van der Waals surface area contributed by atoms with Gasteiger partial charge in [0.1, 0.15) is 6.61 Å². The average Bonchev–Trinajstić information content (AvgIpc) is 3.41. The van der Waals surface area contributed by atoms with Crippen LogP contribution in [0.3, 0.4) is 0 Å². The van der Waals surface area contributed by atoms with Crippen molar-refractivity contribution in [3.63, 3.8) is 0 Å². The molecule has 162 valence electrons. The van der Waals surface area contributed by atoms with E-state index in [0.717, 1.165) is 31.4 Å². The molecule has 30 heavy (non-hydrogen) atoms. The summed E-state index contributed by atoms with van der Waals surface area (Å²) in [5, 5.41) is 8.51. The summed E-state index contributed by atoms with van der Waals surface area (Å²) in [6.07, 6.45) is 3.36. The molecule has 0 atom stereocenters. The standard InChI is InChI=1S/C19H24N4O5S2/c24-19-22(11-12-27-19)8-5-13-29-18-21-20-17(28-18)15-6-4-7-16(14-15)30(25,26)23-9-2-1-3-10-23/h4,6-7,14H,1-3,5,8-13H2. The van der Waals surface area contributed by atoms with E-state index < -0.39 is 10.0 Å². The summed E-state index contributed by atoms with van der Waals surface area (Å²) < 4.78 is 37.9. The van der Waals surface area contributed by atoms with E-state index in [0.29, 0.717) is 43.6 Å². The van der Waals surface area contributed by atoms with Gasteiger partial charge in [0.05, 0.1) is 11.4 Å². The number of benzene rings is 1. The second-order valence-corrected chi connectivity index (χ2v) is 10.2. The number of cyclic esters (lactones) is 1. The Morgan fingerprint density at radius 2 is 1.93 bits per heavy atom. The Morgan fingerprint density at radius 1 is 1.10 bits per heavy atom. The van der Waals surface area contributed by atoms with Gasteiger partial charge in [-0.05, 0) is 37.5 Å². The summed E-state index contributed by atoms with van der Waals surface area (Å²) in [5.41, 5.74) is 0.576. The molecule has 2 fully saturated rings. The molecule has 1 aromatic heterocycles. The summed E-state index contributed by atoms with van der Waals surface area (Å²) in [6, 6.07) is 6.64. The summed E-state index contributed by atoms with van der Waals surface area (Å²) in [5.74, 6) is 1.01. The number of rotatable bonds is 8. The molecular weight excluding hydrogens is 428 g/mol. The van der Waals surface area contributed by atoms with Gasteiger partial charge in [-0.2, -0.15) is 4.31 Å². The second-order valence-electron chi connectivity index (χ2n) is 7.17. The molecule has 0 N–H and O–H groups in total. The lowest BCUT2D eigenvalue weighted by atomic mass is 10.2. The normalized spacial score (nSPS) is 18.0.